The quantitative estimate of drug-likeness (QED) is 0.456. The monoisotopic (exact) mass is 324 g/mol. The summed E-state index contributed by atoms with van der Waals surface area (Å²) < 4.78 is 0. The lowest BCUT2D eigenvalue weighted by atomic mass is 10.0. The van der Waals surface area contributed by atoms with Gasteiger partial charge >= 0.3 is 0 Å². The molecule has 1 heterocycles. The van der Waals surface area contributed by atoms with Crippen LogP contribution in [-0.4, -0.2) is 9.97 Å². The second-order valence-electron chi connectivity index (χ2n) is 6.55. The number of aromatic nitrogens is 2. The van der Waals surface area contributed by atoms with Crippen LogP contribution in [0.25, 0.3) is 33.4 Å². The van der Waals surface area contributed by atoms with Crippen LogP contribution in [0.4, 0.5) is 0 Å². The summed E-state index contributed by atoms with van der Waals surface area (Å²) in [5.41, 5.74) is 5.58. The molecule has 0 unspecified atom stereocenters. The molecule has 0 aliphatic rings. The van der Waals surface area contributed by atoms with Crippen molar-refractivity contribution in [1.82, 2.24) is 9.97 Å². The van der Waals surface area contributed by atoms with Crippen molar-refractivity contribution >= 4 is 10.9 Å². The first-order chi connectivity index (χ1) is 12.2. The van der Waals surface area contributed by atoms with Crippen LogP contribution in [0.1, 0.15) is 25.5 Å². The highest BCUT2D eigenvalue weighted by atomic mass is 14.9. The zero-order chi connectivity index (χ0) is 17.2. The van der Waals surface area contributed by atoms with E-state index in [1.165, 1.54) is 11.1 Å². The van der Waals surface area contributed by atoms with Gasteiger partial charge in [0.1, 0.15) is 0 Å². The number of hydrogen-bond acceptors (Lipinski definition) is 2. The van der Waals surface area contributed by atoms with Gasteiger partial charge in [-0.15, -0.1) is 0 Å². The Kier molecular flexibility index (Phi) is 4.02. The molecule has 0 spiro atoms. The molecule has 0 amide bonds. The number of rotatable bonds is 3. The maximum atomic E-state index is 4.86. The van der Waals surface area contributed by atoms with Crippen molar-refractivity contribution in [3.05, 3.63) is 84.6 Å². The molecule has 4 aromatic rings. The summed E-state index contributed by atoms with van der Waals surface area (Å²) in [6.45, 7) is 4.36. The molecule has 2 nitrogen and oxygen atoms in total. The van der Waals surface area contributed by atoms with Gasteiger partial charge in [-0.1, -0.05) is 86.6 Å². The normalized spacial score (nSPS) is 11.2. The first-order valence-corrected chi connectivity index (χ1v) is 8.65. The fourth-order valence-electron chi connectivity index (χ4n) is 3.11. The van der Waals surface area contributed by atoms with Crippen LogP contribution < -0.4 is 0 Å². The van der Waals surface area contributed by atoms with Gasteiger partial charge in [0, 0.05) is 10.9 Å². The van der Waals surface area contributed by atoms with E-state index in [-0.39, 0.29) is 0 Å². The van der Waals surface area contributed by atoms with E-state index in [9.17, 15) is 0 Å². The van der Waals surface area contributed by atoms with Gasteiger partial charge in [0.05, 0.1) is 11.2 Å². The topological polar surface area (TPSA) is 25.8 Å². The number of nitrogens with zero attached hydrogens (tertiary/aromatic N) is 2. The van der Waals surface area contributed by atoms with E-state index in [1.54, 1.807) is 0 Å². The average Bonchev–Trinajstić information content (AvgIpc) is 2.68. The van der Waals surface area contributed by atoms with E-state index < -0.39 is 0 Å². The van der Waals surface area contributed by atoms with E-state index in [0.29, 0.717) is 5.92 Å². The zero-order valence-electron chi connectivity index (χ0n) is 14.5. The molecule has 0 atom stereocenters. The zero-order valence-corrected chi connectivity index (χ0v) is 14.5. The van der Waals surface area contributed by atoms with Gasteiger partial charge in [0.25, 0.3) is 0 Å². The molecule has 0 aliphatic heterocycles. The summed E-state index contributed by atoms with van der Waals surface area (Å²) in [7, 11) is 0. The maximum Gasteiger partial charge on any atom is 0.160 e. The van der Waals surface area contributed by atoms with E-state index >= 15 is 0 Å². The Morgan fingerprint density at radius 3 is 1.92 bits per heavy atom. The van der Waals surface area contributed by atoms with Crippen molar-refractivity contribution < 1.29 is 0 Å². The van der Waals surface area contributed by atoms with E-state index in [4.69, 9.17) is 9.97 Å². The van der Waals surface area contributed by atoms with E-state index in [0.717, 1.165) is 28.0 Å². The van der Waals surface area contributed by atoms with Crippen LogP contribution >= 0.6 is 0 Å². The van der Waals surface area contributed by atoms with Gasteiger partial charge in [0.15, 0.2) is 5.82 Å². The first-order valence-electron chi connectivity index (χ1n) is 8.65. The Balaban J connectivity index is 1.79. The molecule has 0 radical (unpaired) electrons. The lowest BCUT2D eigenvalue weighted by Crippen LogP contribution is -1.99. The highest BCUT2D eigenvalue weighted by Crippen LogP contribution is 2.27. The van der Waals surface area contributed by atoms with Crippen LogP contribution in [0.2, 0.25) is 0 Å². The fourth-order valence-corrected chi connectivity index (χ4v) is 3.11. The van der Waals surface area contributed by atoms with Crippen LogP contribution in [0, 0.1) is 0 Å². The predicted octanol–water partition coefficient (Wildman–Crippen LogP) is 6.09. The summed E-state index contributed by atoms with van der Waals surface area (Å²) in [4.78, 5) is 9.64. The highest BCUT2D eigenvalue weighted by Gasteiger charge is 2.12. The largest absolute Gasteiger partial charge is 0.232 e. The molecule has 0 saturated carbocycles. The third kappa shape index (κ3) is 3.03. The van der Waals surface area contributed by atoms with Crippen LogP contribution in [-0.2, 0) is 0 Å². The Labute approximate surface area is 148 Å². The third-order valence-electron chi connectivity index (χ3n) is 4.43. The van der Waals surface area contributed by atoms with Gasteiger partial charge in [-0.05, 0) is 23.1 Å². The van der Waals surface area contributed by atoms with Crippen LogP contribution in [0.15, 0.2) is 78.9 Å². The average molecular weight is 324 g/mol. The van der Waals surface area contributed by atoms with Crippen molar-refractivity contribution in [3.8, 4) is 22.5 Å². The lowest BCUT2D eigenvalue weighted by molar-refractivity contribution is 0.831. The predicted molar refractivity (Wildman–Crippen MR) is 104 cm³/mol. The SMILES string of the molecule is CC(C)c1nc(-c2ccc(-c3ccccc3)cc2)nc2ccccc12. The lowest BCUT2D eigenvalue weighted by Gasteiger charge is -2.11. The maximum absolute atomic E-state index is 4.86. The molecule has 4 rings (SSSR count). The number of hydrogen-bond donors (Lipinski definition) is 0. The number of fused-ring (bicyclic) bond motifs is 1. The molecular formula is C23H20N2. The molecule has 2 heteroatoms. The Bertz CT molecular complexity index is 1000. The molecule has 25 heavy (non-hydrogen) atoms. The second kappa shape index (κ2) is 6.48. The van der Waals surface area contributed by atoms with Gasteiger partial charge in [0.2, 0.25) is 0 Å². The Morgan fingerprint density at radius 2 is 1.20 bits per heavy atom. The van der Waals surface area contributed by atoms with Crippen molar-refractivity contribution in [2.75, 3.05) is 0 Å². The number of benzene rings is 3. The fraction of sp³-hybridized carbons (Fsp3) is 0.130. The van der Waals surface area contributed by atoms with E-state index in [1.807, 2.05) is 18.2 Å². The minimum absolute atomic E-state index is 0.357. The van der Waals surface area contributed by atoms with Crippen LogP contribution in [0.5, 0.6) is 0 Å². The molecule has 0 saturated heterocycles. The van der Waals surface area contributed by atoms with Crippen molar-refractivity contribution in [2.45, 2.75) is 19.8 Å². The number of para-hydroxylation sites is 1. The first kappa shape index (κ1) is 15.5. The summed E-state index contributed by atoms with van der Waals surface area (Å²) in [5.74, 6) is 1.15. The molecular weight excluding hydrogens is 304 g/mol. The molecule has 0 aliphatic carbocycles. The standard InChI is InChI=1S/C23H20N2/c1-16(2)22-20-10-6-7-11-21(20)24-23(25-22)19-14-12-18(13-15-19)17-8-4-3-5-9-17/h3-16H,1-2H3. The Morgan fingerprint density at radius 1 is 0.600 bits per heavy atom. The molecule has 0 fully saturated rings. The summed E-state index contributed by atoms with van der Waals surface area (Å²) in [5, 5.41) is 1.14. The van der Waals surface area contributed by atoms with Gasteiger partial charge in [-0.2, -0.15) is 0 Å². The molecule has 0 N–H and O–H groups in total. The van der Waals surface area contributed by atoms with Crippen molar-refractivity contribution in [1.29, 1.82) is 0 Å². The van der Waals surface area contributed by atoms with E-state index in [2.05, 4.69) is 74.5 Å². The second-order valence-corrected chi connectivity index (χ2v) is 6.55. The van der Waals surface area contributed by atoms with Crippen molar-refractivity contribution in [3.63, 3.8) is 0 Å². The Hall–Kier alpha value is -3.00. The van der Waals surface area contributed by atoms with Gasteiger partial charge in [-0.25, -0.2) is 9.97 Å². The molecule has 0 bridgehead atoms. The molecule has 122 valence electrons. The van der Waals surface area contributed by atoms with Gasteiger partial charge < -0.3 is 0 Å². The third-order valence-corrected chi connectivity index (χ3v) is 4.43. The summed E-state index contributed by atoms with van der Waals surface area (Å²) in [6, 6.07) is 27.1. The summed E-state index contributed by atoms with van der Waals surface area (Å²) in [6.07, 6.45) is 0. The minimum Gasteiger partial charge on any atom is -0.232 e. The molecule has 3 aromatic carbocycles. The van der Waals surface area contributed by atoms with Crippen LogP contribution in [0.3, 0.4) is 0 Å². The van der Waals surface area contributed by atoms with Gasteiger partial charge in [-0.3, -0.25) is 0 Å². The summed E-state index contributed by atoms with van der Waals surface area (Å²) >= 11 is 0. The smallest absolute Gasteiger partial charge is 0.160 e. The minimum atomic E-state index is 0.357. The van der Waals surface area contributed by atoms with Crippen molar-refractivity contribution in [2.24, 2.45) is 0 Å². The highest BCUT2D eigenvalue weighted by molar-refractivity contribution is 5.83. The molecule has 1 aromatic heterocycles.